The van der Waals surface area contributed by atoms with Gasteiger partial charge in [-0.3, -0.25) is 10.1 Å². The van der Waals surface area contributed by atoms with Crippen LogP contribution in [0.5, 0.6) is 0 Å². The van der Waals surface area contributed by atoms with Crippen molar-refractivity contribution in [3.8, 4) is 0 Å². The van der Waals surface area contributed by atoms with Gasteiger partial charge in [0.25, 0.3) is 5.91 Å². The summed E-state index contributed by atoms with van der Waals surface area (Å²) in [6.45, 7) is 6.17. The van der Waals surface area contributed by atoms with E-state index in [-0.39, 0.29) is 29.5 Å². The van der Waals surface area contributed by atoms with Crippen molar-refractivity contribution in [1.82, 2.24) is 15.5 Å². The number of carbonyl (C=O) groups is 2. The molecule has 170 valence electrons. The summed E-state index contributed by atoms with van der Waals surface area (Å²) in [6.07, 6.45) is 3.78. The number of amides is 2. The van der Waals surface area contributed by atoms with Crippen LogP contribution in [0.3, 0.4) is 0 Å². The molecule has 31 heavy (non-hydrogen) atoms. The van der Waals surface area contributed by atoms with Crippen LogP contribution in [0, 0.1) is 11.8 Å². The first kappa shape index (κ1) is 23.5. The third kappa shape index (κ3) is 5.54. The first-order chi connectivity index (χ1) is 14.6. The van der Waals surface area contributed by atoms with Gasteiger partial charge in [0.15, 0.2) is 5.11 Å². The molecule has 1 aliphatic heterocycles. The highest BCUT2D eigenvalue weighted by molar-refractivity contribution is 7.80. The second kappa shape index (κ2) is 9.53. The lowest BCUT2D eigenvalue weighted by Gasteiger charge is -2.41. The minimum absolute atomic E-state index is 0.0853. The molecule has 2 atom stereocenters. The van der Waals surface area contributed by atoms with Crippen LogP contribution in [0.1, 0.15) is 56.8 Å². The van der Waals surface area contributed by atoms with Crippen LogP contribution < -0.4 is 10.6 Å². The van der Waals surface area contributed by atoms with E-state index in [9.17, 15) is 14.7 Å². The molecule has 0 bridgehead atoms. The Balaban J connectivity index is 1.79. The van der Waals surface area contributed by atoms with Crippen molar-refractivity contribution in [2.45, 2.75) is 57.6 Å². The number of hydrogen-bond acceptors (Lipinski definition) is 5. The molecule has 1 saturated carbocycles. The molecule has 2 amide bonds. The van der Waals surface area contributed by atoms with Crippen molar-refractivity contribution in [2.75, 3.05) is 19.7 Å². The number of rotatable bonds is 4. The molecule has 8 heteroatoms. The molecule has 1 aromatic carbocycles. The summed E-state index contributed by atoms with van der Waals surface area (Å²) in [5, 5.41) is 16.6. The maximum atomic E-state index is 12.8. The number of nitrogens with zero attached hydrogens (tertiary/aromatic N) is 1. The Kier molecular flexibility index (Phi) is 7.21. The van der Waals surface area contributed by atoms with Crippen molar-refractivity contribution in [2.24, 2.45) is 11.8 Å². The van der Waals surface area contributed by atoms with E-state index in [0.29, 0.717) is 18.7 Å². The Hall–Kier alpha value is -2.19. The van der Waals surface area contributed by atoms with Gasteiger partial charge in [0.2, 0.25) is 0 Å². The maximum absolute atomic E-state index is 12.8. The molecule has 1 heterocycles. The molecule has 0 radical (unpaired) electrons. The number of benzene rings is 1. The number of thiocarbonyl (C=S) groups is 1. The van der Waals surface area contributed by atoms with Crippen molar-refractivity contribution < 1.29 is 19.4 Å². The van der Waals surface area contributed by atoms with Crippen LogP contribution in [0.2, 0.25) is 0 Å². The first-order valence-corrected chi connectivity index (χ1v) is 11.3. The Labute approximate surface area is 189 Å². The van der Waals surface area contributed by atoms with Crippen molar-refractivity contribution >= 4 is 29.3 Å². The largest absolute Gasteiger partial charge is 0.444 e. The summed E-state index contributed by atoms with van der Waals surface area (Å²) in [5.41, 5.74) is -0.693. The van der Waals surface area contributed by atoms with Crippen LogP contribution in [0.25, 0.3) is 0 Å². The molecule has 1 aliphatic carbocycles. The van der Waals surface area contributed by atoms with E-state index in [1.165, 1.54) is 0 Å². The van der Waals surface area contributed by atoms with Gasteiger partial charge in [0, 0.05) is 31.2 Å². The molecule has 3 N–H and O–H groups in total. The summed E-state index contributed by atoms with van der Waals surface area (Å²) in [7, 11) is 0. The van der Waals surface area contributed by atoms with Gasteiger partial charge in [-0.15, -0.1) is 0 Å². The number of hydrogen-bond donors (Lipinski definition) is 3. The third-order valence-electron chi connectivity index (χ3n) is 6.19. The van der Waals surface area contributed by atoms with E-state index in [2.05, 4.69) is 10.6 Å². The number of nitrogens with one attached hydrogen (secondary N) is 2. The van der Waals surface area contributed by atoms with Crippen molar-refractivity contribution in [3.05, 3.63) is 35.9 Å². The number of aliphatic hydroxyl groups excluding tert-OH is 1. The monoisotopic (exact) mass is 447 g/mol. The fraction of sp³-hybridized carbons (Fsp3) is 0.609. The van der Waals surface area contributed by atoms with E-state index >= 15 is 0 Å². The third-order valence-corrected chi connectivity index (χ3v) is 6.39. The number of carbonyl (C=O) groups excluding carboxylic acids is 2. The Morgan fingerprint density at radius 2 is 1.87 bits per heavy atom. The van der Waals surface area contributed by atoms with E-state index < -0.39 is 17.2 Å². The molecule has 7 nitrogen and oxygen atoms in total. The van der Waals surface area contributed by atoms with Gasteiger partial charge in [0.1, 0.15) is 5.60 Å². The minimum atomic E-state index is -0.608. The lowest BCUT2D eigenvalue weighted by molar-refractivity contribution is 0.0273. The van der Waals surface area contributed by atoms with Gasteiger partial charge >= 0.3 is 6.09 Å². The van der Waals surface area contributed by atoms with Crippen molar-refractivity contribution in [1.29, 1.82) is 0 Å². The summed E-state index contributed by atoms with van der Waals surface area (Å²) < 4.78 is 5.57. The lowest BCUT2D eigenvalue weighted by Crippen LogP contribution is -2.62. The first-order valence-electron chi connectivity index (χ1n) is 10.9. The Bertz CT molecular complexity index is 805. The highest BCUT2D eigenvalue weighted by atomic mass is 32.1. The summed E-state index contributed by atoms with van der Waals surface area (Å²) >= 11 is 5.51. The van der Waals surface area contributed by atoms with Gasteiger partial charge in [0.05, 0.1) is 5.54 Å². The number of ether oxygens (including phenoxy) is 1. The summed E-state index contributed by atoms with van der Waals surface area (Å²) in [6, 6.07) is 8.88. The minimum Gasteiger partial charge on any atom is -0.444 e. The highest BCUT2D eigenvalue weighted by Crippen LogP contribution is 2.43. The molecule has 1 saturated heterocycles. The van der Waals surface area contributed by atoms with E-state index in [0.717, 1.165) is 25.7 Å². The maximum Gasteiger partial charge on any atom is 0.410 e. The normalized spacial score (nSPS) is 24.1. The standard InChI is InChI=1S/C23H33N3O4S/c1-22(2,3)30-21(29)26-13-18(14-27)23(15-26,17-11-7-8-12-17)25-20(31)24-19(28)16-9-5-4-6-10-16/h4-6,9-10,17-18,27H,7-8,11-15H2,1-3H3,(H2,24,25,28,31)/t18-,23+/m0/s1. The van der Waals surface area contributed by atoms with Crippen molar-refractivity contribution in [3.63, 3.8) is 0 Å². The van der Waals surface area contributed by atoms with Gasteiger partial charge in [-0.1, -0.05) is 31.0 Å². The Morgan fingerprint density at radius 3 is 2.45 bits per heavy atom. The molecule has 0 unspecified atom stereocenters. The van der Waals surface area contributed by atoms with Crippen LogP contribution in [-0.2, 0) is 4.74 Å². The average Bonchev–Trinajstić information content (AvgIpc) is 3.36. The van der Waals surface area contributed by atoms with Gasteiger partial charge < -0.3 is 20.1 Å². The highest BCUT2D eigenvalue weighted by Gasteiger charge is 2.54. The average molecular weight is 448 g/mol. The molecular weight excluding hydrogens is 414 g/mol. The number of aliphatic hydroxyl groups is 1. The summed E-state index contributed by atoms with van der Waals surface area (Å²) in [4.78, 5) is 27.0. The topological polar surface area (TPSA) is 90.9 Å². The quantitative estimate of drug-likeness (QED) is 0.615. The predicted molar refractivity (Wildman–Crippen MR) is 123 cm³/mol. The second-order valence-corrected chi connectivity index (χ2v) is 9.94. The molecule has 2 aliphatic rings. The SMILES string of the molecule is CC(C)(C)OC(=O)N1C[C@@H](CO)[C@](NC(=S)NC(=O)c2ccccc2)(C2CCCC2)C1. The zero-order chi connectivity index (χ0) is 22.6. The second-order valence-electron chi connectivity index (χ2n) is 9.54. The molecule has 3 rings (SSSR count). The molecule has 0 spiro atoms. The van der Waals surface area contributed by atoms with Crippen LogP contribution in [0.4, 0.5) is 4.79 Å². The van der Waals surface area contributed by atoms with E-state index in [1.54, 1.807) is 29.2 Å². The van der Waals surface area contributed by atoms with E-state index in [4.69, 9.17) is 17.0 Å². The van der Waals surface area contributed by atoms with Crippen LogP contribution >= 0.6 is 12.2 Å². The van der Waals surface area contributed by atoms with Crippen LogP contribution in [0.15, 0.2) is 30.3 Å². The molecule has 2 fully saturated rings. The fourth-order valence-electron chi connectivity index (χ4n) is 4.78. The zero-order valence-electron chi connectivity index (χ0n) is 18.5. The van der Waals surface area contributed by atoms with Gasteiger partial charge in [-0.05, 0) is 63.9 Å². The predicted octanol–water partition coefficient (Wildman–Crippen LogP) is 3.08. The van der Waals surface area contributed by atoms with Gasteiger partial charge in [-0.25, -0.2) is 4.79 Å². The van der Waals surface area contributed by atoms with Gasteiger partial charge in [-0.2, -0.15) is 0 Å². The summed E-state index contributed by atoms with van der Waals surface area (Å²) in [5.74, 6) is -0.263. The fourth-order valence-corrected chi connectivity index (χ4v) is 5.06. The lowest BCUT2D eigenvalue weighted by atomic mass is 9.75. The number of likely N-dealkylation sites (tertiary alicyclic amines) is 1. The molecular formula is C23H33N3O4S. The molecule has 0 aromatic heterocycles. The zero-order valence-corrected chi connectivity index (χ0v) is 19.3. The van der Waals surface area contributed by atoms with Crippen LogP contribution in [-0.4, -0.2) is 58.0 Å². The van der Waals surface area contributed by atoms with E-state index in [1.807, 2.05) is 26.8 Å². The molecule has 1 aromatic rings. The Morgan fingerprint density at radius 1 is 1.23 bits per heavy atom. The smallest absolute Gasteiger partial charge is 0.410 e.